The van der Waals surface area contributed by atoms with Crippen LogP contribution in [0.4, 0.5) is 43.5 Å². The maximum Gasteiger partial charge on any atom is 0.490 e. The average molecular weight is 746 g/mol. The predicted molar refractivity (Wildman–Crippen MR) is 182 cm³/mol. The molecule has 12 nitrogen and oxygen atoms in total. The number of aromatic nitrogens is 4. The number of carboxylic acids is 1. The van der Waals surface area contributed by atoms with Gasteiger partial charge in [-0.05, 0) is 61.9 Å². The molecule has 4 aromatic rings. The first-order valence-electron chi connectivity index (χ1n) is 17.2. The predicted octanol–water partition coefficient (Wildman–Crippen LogP) is 5.01. The number of alkyl halides is 5. The number of carbonyl (C=O) groups is 2. The van der Waals surface area contributed by atoms with Crippen LogP contribution >= 0.6 is 0 Å². The summed E-state index contributed by atoms with van der Waals surface area (Å²) in [5.74, 6) is -5.50. The number of anilines is 3. The zero-order chi connectivity index (χ0) is 37.7. The van der Waals surface area contributed by atoms with Crippen LogP contribution in [0, 0.1) is 11.2 Å². The average Bonchev–Trinajstić information content (AvgIpc) is 3.71. The second kappa shape index (κ2) is 13.8. The topological polar surface area (TPSA) is 140 Å². The van der Waals surface area contributed by atoms with Gasteiger partial charge in [-0.15, -0.1) is 5.10 Å². The van der Waals surface area contributed by atoms with E-state index >= 15 is 4.39 Å². The van der Waals surface area contributed by atoms with E-state index in [1.807, 2.05) is 29.2 Å². The van der Waals surface area contributed by atoms with Crippen molar-refractivity contribution >= 4 is 34.7 Å². The number of imidazole rings is 1. The van der Waals surface area contributed by atoms with Crippen molar-refractivity contribution in [2.75, 3.05) is 50.0 Å². The number of hydrogen-bond acceptors (Lipinski definition) is 9. The van der Waals surface area contributed by atoms with Crippen molar-refractivity contribution in [3.63, 3.8) is 0 Å². The molecule has 6 heterocycles. The molecule has 4 aliphatic rings. The highest BCUT2D eigenvalue weighted by atomic mass is 19.4. The second-order valence-corrected chi connectivity index (χ2v) is 13.9. The molecule has 1 aromatic carbocycles. The summed E-state index contributed by atoms with van der Waals surface area (Å²) in [6, 6.07) is 9.31. The minimum atomic E-state index is -5.08. The standard InChI is InChI=1S/C33H36F3N9O.C2HF3O2/c1-37-25-13-28(42-45-27(15-40-30(25)45)31(46)41-21-4-2-5-21)44-11-8-22-23(6-3-7-26(22)44)29-24(34)12-20(14-39-29)16-43-18-32(19-43)9-10-38-17-33(32,35)36;3-2(4,5)1(6)7/h3,6-7,12-15,21,37-38H,2,4-5,8-11,16-19H2,1H3,(H,41,46);(H,6,7). The number of nitrogens with zero attached hydrogens (tertiary/aromatic N) is 6. The van der Waals surface area contributed by atoms with Crippen molar-refractivity contribution in [1.29, 1.82) is 0 Å². The smallest absolute Gasteiger partial charge is 0.475 e. The lowest BCUT2D eigenvalue weighted by Gasteiger charge is -2.56. The van der Waals surface area contributed by atoms with E-state index in [-0.39, 0.29) is 24.2 Å². The van der Waals surface area contributed by atoms with Crippen LogP contribution in [-0.4, -0.2) is 99.4 Å². The van der Waals surface area contributed by atoms with Gasteiger partial charge >= 0.3 is 12.1 Å². The van der Waals surface area contributed by atoms with Crippen molar-refractivity contribution in [2.24, 2.45) is 5.41 Å². The Bertz CT molecular complexity index is 2050. The van der Waals surface area contributed by atoms with Gasteiger partial charge in [-0.1, -0.05) is 12.1 Å². The summed E-state index contributed by atoms with van der Waals surface area (Å²) in [6.07, 6.45) is 2.29. The van der Waals surface area contributed by atoms with Crippen LogP contribution < -0.4 is 20.9 Å². The van der Waals surface area contributed by atoms with Crippen molar-refractivity contribution < 1.29 is 41.0 Å². The molecule has 1 spiro atoms. The highest BCUT2D eigenvalue weighted by Gasteiger charge is 2.60. The van der Waals surface area contributed by atoms with Gasteiger partial charge in [0.25, 0.3) is 11.8 Å². The summed E-state index contributed by atoms with van der Waals surface area (Å²) in [5, 5.41) is 21.0. The third-order valence-electron chi connectivity index (χ3n) is 10.5. The number of nitrogens with one attached hydrogen (secondary N) is 3. The van der Waals surface area contributed by atoms with Crippen LogP contribution in [0.1, 0.15) is 47.3 Å². The number of carbonyl (C=O) groups excluding carboxylic acids is 1. The lowest BCUT2D eigenvalue weighted by atomic mass is 9.69. The molecule has 3 aliphatic heterocycles. The number of benzene rings is 1. The molecular weight excluding hydrogens is 708 g/mol. The van der Waals surface area contributed by atoms with Gasteiger partial charge in [0, 0.05) is 62.8 Å². The Hall–Kier alpha value is -4.97. The number of hydrogen-bond donors (Lipinski definition) is 4. The summed E-state index contributed by atoms with van der Waals surface area (Å²) >= 11 is 0. The van der Waals surface area contributed by atoms with E-state index < -0.39 is 29.3 Å². The maximum atomic E-state index is 15.7. The fourth-order valence-corrected chi connectivity index (χ4v) is 7.41. The molecular formula is C35H37F6N9O3. The molecule has 0 radical (unpaired) electrons. The molecule has 3 aromatic heterocycles. The minimum Gasteiger partial charge on any atom is -0.475 e. The van der Waals surface area contributed by atoms with E-state index in [1.54, 1.807) is 24.0 Å². The Kier molecular flexibility index (Phi) is 9.46. The van der Waals surface area contributed by atoms with E-state index in [1.165, 1.54) is 6.07 Å². The van der Waals surface area contributed by atoms with Crippen LogP contribution in [0.3, 0.4) is 0 Å². The quantitative estimate of drug-likeness (QED) is 0.191. The van der Waals surface area contributed by atoms with Gasteiger partial charge in [0.05, 0.1) is 23.8 Å². The first-order chi connectivity index (χ1) is 25.2. The Morgan fingerprint density at radius 3 is 2.51 bits per heavy atom. The van der Waals surface area contributed by atoms with Gasteiger partial charge in [-0.3, -0.25) is 14.7 Å². The highest BCUT2D eigenvalue weighted by molar-refractivity contribution is 5.94. The third-order valence-corrected chi connectivity index (χ3v) is 10.5. The first-order valence-corrected chi connectivity index (χ1v) is 17.2. The van der Waals surface area contributed by atoms with Gasteiger partial charge in [-0.25, -0.2) is 27.5 Å². The number of fused-ring (bicyclic) bond motifs is 2. The van der Waals surface area contributed by atoms with Crippen LogP contribution in [0.5, 0.6) is 0 Å². The van der Waals surface area contributed by atoms with Crippen molar-refractivity contribution in [3.8, 4) is 11.3 Å². The molecule has 0 unspecified atom stereocenters. The number of carboxylic acid groups (broad SMARTS) is 1. The van der Waals surface area contributed by atoms with E-state index in [0.29, 0.717) is 73.9 Å². The molecule has 282 valence electrons. The lowest BCUT2D eigenvalue weighted by molar-refractivity contribution is -0.205. The zero-order valence-corrected chi connectivity index (χ0v) is 28.6. The summed E-state index contributed by atoms with van der Waals surface area (Å²) in [6.45, 7) is 1.91. The third kappa shape index (κ3) is 6.85. The van der Waals surface area contributed by atoms with Crippen LogP contribution in [0.25, 0.3) is 16.9 Å². The van der Waals surface area contributed by atoms with E-state index in [4.69, 9.17) is 15.0 Å². The monoisotopic (exact) mass is 745 g/mol. The van der Waals surface area contributed by atoms with E-state index in [0.717, 1.165) is 36.2 Å². The highest BCUT2D eigenvalue weighted by Crippen LogP contribution is 2.49. The van der Waals surface area contributed by atoms with Gasteiger partial charge in [0.15, 0.2) is 17.2 Å². The molecule has 53 heavy (non-hydrogen) atoms. The fourth-order valence-electron chi connectivity index (χ4n) is 7.41. The van der Waals surface area contributed by atoms with Crippen LogP contribution in [-0.2, 0) is 17.8 Å². The molecule has 2 saturated heterocycles. The van der Waals surface area contributed by atoms with Crippen LogP contribution in [0.15, 0.2) is 42.7 Å². The number of piperidine rings is 1. The molecule has 8 rings (SSSR count). The molecule has 1 amide bonds. The molecule has 0 atom stereocenters. The molecule has 0 bridgehead atoms. The number of amides is 1. The number of pyridine rings is 1. The van der Waals surface area contributed by atoms with Crippen molar-refractivity contribution in [2.45, 2.75) is 56.8 Å². The SMILES string of the molecule is CNc1cc(N2CCc3c(-c4ncc(CN5CC6(CCNCC6(F)F)C5)cc4F)cccc32)nn2c(C(=O)NC3CCC3)cnc12.O=C(O)C(F)(F)F. The normalized spacial score (nSPS) is 19.2. The first kappa shape index (κ1) is 36.4. The van der Waals surface area contributed by atoms with Crippen molar-refractivity contribution in [1.82, 2.24) is 35.1 Å². The number of rotatable bonds is 7. The number of halogens is 6. The van der Waals surface area contributed by atoms with Crippen molar-refractivity contribution in [3.05, 3.63) is 65.4 Å². The van der Waals surface area contributed by atoms with E-state index in [2.05, 4.69) is 30.8 Å². The number of aliphatic carboxylic acids is 1. The summed E-state index contributed by atoms with van der Waals surface area (Å²) < 4.78 is 78.1. The molecule has 4 N–H and O–H groups in total. The Morgan fingerprint density at radius 1 is 1.11 bits per heavy atom. The summed E-state index contributed by atoms with van der Waals surface area (Å²) in [7, 11) is 1.80. The van der Waals surface area contributed by atoms with Gasteiger partial charge < -0.3 is 26.0 Å². The Labute approximate surface area is 299 Å². The van der Waals surface area contributed by atoms with Gasteiger partial charge in [-0.2, -0.15) is 13.2 Å². The minimum absolute atomic E-state index is 0.187. The fraction of sp³-hybridized carbons (Fsp3) is 0.457. The maximum absolute atomic E-state index is 15.7. The molecule has 1 aliphatic carbocycles. The summed E-state index contributed by atoms with van der Waals surface area (Å²) in [5.41, 5.74) is 4.16. The second-order valence-electron chi connectivity index (χ2n) is 13.9. The lowest BCUT2D eigenvalue weighted by Crippen LogP contribution is -2.69. The Morgan fingerprint density at radius 2 is 1.87 bits per heavy atom. The number of likely N-dealkylation sites (tertiary alicyclic amines) is 1. The van der Waals surface area contributed by atoms with E-state index in [9.17, 15) is 26.7 Å². The summed E-state index contributed by atoms with van der Waals surface area (Å²) in [4.78, 5) is 35.0. The van der Waals surface area contributed by atoms with Gasteiger partial charge in [0.2, 0.25) is 0 Å². The molecule has 18 heteroatoms. The Balaban J connectivity index is 0.000000568. The largest absolute Gasteiger partial charge is 0.490 e. The van der Waals surface area contributed by atoms with Crippen LogP contribution in [0.2, 0.25) is 0 Å². The zero-order valence-electron chi connectivity index (χ0n) is 28.6. The van der Waals surface area contributed by atoms with Gasteiger partial charge in [0.1, 0.15) is 11.5 Å². The molecule has 3 fully saturated rings. The molecule has 1 saturated carbocycles.